The summed E-state index contributed by atoms with van der Waals surface area (Å²) >= 11 is 0. The number of carbonyl (C=O) groups excluding carboxylic acids is 1. The minimum Gasteiger partial charge on any atom is -0.488 e. The van der Waals surface area contributed by atoms with Crippen molar-refractivity contribution in [2.24, 2.45) is 0 Å². The quantitative estimate of drug-likeness (QED) is 0.601. The summed E-state index contributed by atoms with van der Waals surface area (Å²) < 4.78 is 49.7. The Morgan fingerprint density at radius 1 is 1.04 bits per heavy atom. The van der Waals surface area contributed by atoms with Crippen LogP contribution in [0.2, 0.25) is 0 Å². The number of benzene rings is 2. The Morgan fingerprint density at radius 3 is 2.39 bits per heavy atom. The SMILES string of the molecule is COC(=O)c1ccc(COc2ccc(C(F)(F)F)cc2-c2ccnnc2)cc1. The molecule has 2 aromatic carbocycles. The normalized spacial score (nSPS) is 11.1. The summed E-state index contributed by atoms with van der Waals surface area (Å²) in [6.07, 6.45) is -1.71. The molecule has 28 heavy (non-hydrogen) atoms. The van der Waals surface area contributed by atoms with Crippen molar-refractivity contribution in [3.05, 3.63) is 77.6 Å². The van der Waals surface area contributed by atoms with Gasteiger partial charge in [-0.05, 0) is 42.0 Å². The van der Waals surface area contributed by atoms with Crippen LogP contribution >= 0.6 is 0 Å². The van der Waals surface area contributed by atoms with Crippen LogP contribution in [0.5, 0.6) is 5.75 Å². The van der Waals surface area contributed by atoms with Crippen molar-refractivity contribution in [1.82, 2.24) is 10.2 Å². The number of alkyl halides is 3. The molecule has 0 aliphatic carbocycles. The first kappa shape index (κ1) is 19.3. The van der Waals surface area contributed by atoms with E-state index in [1.54, 1.807) is 30.3 Å². The van der Waals surface area contributed by atoms with Gasteiger partial charge in [0.15, 0.2) is 0 Å². The van der Waals surface area contributed by atoms with Crippen LogP contribution in [0.1, 0.15) is 21.5 Å². The molecule has 5 nitrogen and oxygen atoms in total. The Kier molecular flexibility index (Phi) is 5.58. The molecule has 0 saturated carbocycles. The third kappa shape index (κ3) is 4.46. The first-order valence-electron chi connectivity index (χ1n) is 8.17. The van der Waals surface area contributed by atoms with E-state index in [1.165, 1.54) is 25.6 Å². The third-order valence-electron chi connectivity index (χ3n) is 3.97. The van der Waals surface area contributed by atoms with Crippen molar-refractivity contribution in [2.45, 2.75) is 12.8 Å². The van der Waals surface area contributed by atoms with E-state index in [9.17, 15) is 18.0 Å². The van der Waals surface area contributed by atoms with Gasteiger partial charge in [0, 0.05) is 11.1 Å². The molecule has 0 bridgehead atoms. The monoisotopic (exact) mass is 388 g/mol. The molecule has 3 rings (SSSR count). The highest BCUT2D eigenvalue weighted by atomic mass is 19.4. The maximum Gasteiger partial charge on any atom is 0.416 e. The number of nitrogens with zero attached hydrogens (tertiary/aromatic N) is 2. The second kappa shape index (κ2) is 8.08. The molecule has 0 saturated heterocycles. The molecular formula is C20H15F3N2O3. The van der Waals surface area contributed by atoms with Gasteiger partial charge in [-0.25, -0.2) is 4.79 Å². The largest absolute Gasteiger partial charge is 0.488 e. The number of methoxy groups -OCH3 is 1. The Bertz CT molecular complexity index is 959. The van der Waals surface area contributed by atoms with Gasteiger partial charge in [-0.1, -0.05) is 12.1 Å². The van der Waals surface area contributed by atoms with Gasteiger partial charge in [0.25, 0.3) is 0 Å². The first-order chi connectivity index (χ1) is 13.4. The second-order valence-corrected chi connectivity index (χ2v) is 5.82. The zero-order valence-electron chi connectivity index (χ0n) is 14.7. The van der Waals surface area contributed by atoms with E-state index in [4.69, 9.17) is 4.74 Å². The minimum atomic E-state index is -4.47. The lowest BCUT2D eigenvalue weighted by Gasteiger charge is -2.15. The fourth-order valence-corrected chi connectivity index (χ4v) is 2.52. The van der Waals surface area contributed by atoms with E-state index in [1.807, 2.05) is 0 Å². The number of esters is 1. The van der Waals surface area contributed by atoms with Crippen molar-refractivity contribution < 1.29 is 27.4 Å². The number of rotatable bonds is 5. The molecule has 0 unspecified atom stereocenters. The molecule has 0 N–H and O–H groups in total. The van der Waals surface area contributed by atoms with E-state index in [2.05, 4.69) is 14.9 Å². The van der Waals surface area contributed by atoms with E-state index >= 15 is 0 Å². The van der Waals surface area contributed by atoms with Gasteiger partial charge in [-0.15, -0.1) is 0 Å². The van der Waals surface area contributed by atoms with Gasteiger partial charge in [0.05, 0.1) is 30.6 Å². The van der Waals surface area contributed by atoms with Crippen LogP contribution in [0, 0.1) is 0 Å². The van der Waals surface area contributed by atoms with Crippen LogP contribution in [0.15, 0.2) is 60.9 Å². The lowest BCUT2D eigenvalue weighted by molar-refractivity contribution is -0.137. The Balaban J connectivity index is 1.86. The zero-order chi connectivity index (χ0) is 20.1. The summed E-state index contributed by atoms with van der Waals surface area (Å²) in [5.41, 5.74) is 1.07. The lowest BCUT2D eigenvalue weighted by atomic mass is 10.0. The molecule has 0 atom stereocenters. The number of hydrogen-bond acceptors (Lipinski definition) is 5. The Labute approximate surface area is 158 Å². The minimum absolute atomic E-state index is 0.109. The van der Waals surface area contributed by atoms with Crippen molar-refractivity contribution in [1.29, 1.82) is 0 Å². The summed E-state index contributed by atoms with van der Waals surface area (Å²) in [6.45, 7) is 0.109. The molecule has 144 valence electrons. The highest BCUT2D eigenvalue weighted by Gasteiger charge is 2.31. The Morgan fingerprint density at radius 2 is 1.79 bits per heavy atom. The summed E-state index contributed by atoms with van der Waals surface area (Å²) in [5.74, 6) is -0.180. The van der Waals surface area contributed by atoms with Gasteiger partial charge in [-0.3, -0.25) is 0 Å². The standard InChI is InChI=1S/C20H15F3N2O3/c1-27-19(26)14-4-2-13(3-5-14)12-28-18-7-6-16(20(21,22)23)10-17(18)15-8-9-24-25-11-15/h2-11H,12H2,1H3. The van der Waals surface area contributed by atoms with Crippen LogP contribution in [0.3, 0.4) is 0 Å². The number of halogens is 3. The fraction of sp³-hybridized carbons (Fsp3) is 0.150. The van der Waals surface area contributed by atoms with Crippen LogP contribution in [0.4, 0.5) is 13.2 Å². The van der Waals surface area contributed by atoms with Crippen molar-refractivity contribution >= 4 is 5.97 Å². The molecule has 0 radical (unpaired) electrons. The summed E-state index contributed by atoms with van der Waals surface area (Å²) in [7, 11) is 1.29. The van der Waals surface area contributed by atoms with Crippen molar-refractivity contribution in [3.63, 3.8) is 0 Å². The highest BCUT2D eigenvalue weighted by Crippen LogP contribution is 2.37. The Hall–Kier alpha value is -3.42. The molecule has 0 spiro atoms. The van der Waals surface area contributed by atoms with Gasteiger partial charge >= 0.3 is 12.1 Å². The molecule has 0 fully saturated rings. The van der Waals surface area contributed by atoms with Crippen LogP contribution < -0.4 is 4.74 Å². The van der Waals surface area contributed by atoms with E-state index in [-0.39, 0.29) is 17.9 Å². The zero-order valence-corrected chi connectivity index (χ0v) is 14.7. The van der Waals surface area contributed by atoms with Gasteiger partial charge in [0.1, 0.15) is 12.4 Å². The smallest absolute Gasteiger partial charge is 0.416 e. The van der Waals surface area contributed by atoms with Crippen LogP contribution in [0.25, 0.3) is 11.1 Å². The van der Waals surface area contributed by atoms with Gasteiger partial charge in [0.2, 0.25) is 0 Å². The molecule has 0 aliphatic rings. The predicted molar refractivity (Wildman–Crippen MR) is 94.6 cm³/mol. The molecule has 1 aromatic heterocycles. The topological polar surface area (TPSA) is 61.3 Å². The van der Waals surface area contributed by atoms with E-state index < -0.39 is 17.7 Å². The van der Waals surface area contributed by atoms with Gasteiger partial charge < -0.3 is 9.47 Å². The van der Waals surface area contributed by atoms with Gasteiger partial charge in [-0.2, -0.15) is 23.4 Å². The number of aromatic nitrogens is 2. The van der Waals surface area contributed by atoms with Crippen LogP contribution in [-0.4, -0.2) is 23.3 Å². The molecule has 3 aromatic rings. The maximum absolute atomic E-state index is 13.1. The lowest BCUT2D eigenvalue weighted by Crippen LogP contribution is -2.06. The van der Waals surface area contributed by atoms with E-state index in [0.29, 0.717) is 11.1 Å². The maximum atomic E-state index is 13.1. The first-order valence-corrected chi connectivity index (χ1v) is 8.17. The average molecular weight is 388 g/mol. The predicted octanol–water partition coefficient (Wildman–Crippen LogP) is 4.53. The fourth-order valence-electron chi connectivity index (χ4n) is 2.52. The second-order valence-electron chi connectivity index (χ2n) is 5.82. The third-order valence-corrected chi connectivity index (χ3v) is 3.97. The molecular weight excluding hydrogens is 373 g/mol. The van der Waals surface area contributed by atoms with Crippen molar-refractivity contribution in [2.75, 3.05) is 7.11 Å². The molecule has 8 heteroatoms. The number of ether oxygens (including phenoxy) is 2. The van der Waals surface area contributed by atoms with Crippen LogP contribution in [-0.2, 0) is 17.5 Å². The summed E-state index contributed by atoms with van der Waals surface area (Å²) in [4.78, 5) is 11.5. The molecule has 0 amide bonds. The van der Waals surface area contributed by atoms with E-state index in [0.717, 1.165) is 17.7 Å². The number of hydrogen-bond donors (Lipinski definition) is 0. The summed E-state index contributed by atoms with van der Waals surface area (Å²) in [6, 6.07) is 11.4. The average Bonchev–Trinajstić information content (AvgIpc) is 2.72. The highest BCUT2D eigenvalue weighted by molar-refractivity contribution is 5.89. The molecule has 1 heterocycles. The molecule has 0 aliphatic heterocycles. The summed E-state index contributed by atoms with van der Waals surface area (Å²) in [5, 5.41) is 7.36. The number of carbonyl (C=O) groups is 1. The van der Waals surface area contributed by atoms with Crippen molar-refractivity contribution in [3.8, 4) is 16.9 Å².